The van der Waals surface area contributed by atoms with E-state index in [0.717, 1.165) is 52.1 Å². The van der Waals surface area contributed by atoms with Crippen molar-refractivity contribution in [2.24, 2.45) is 16.8 Å². The topological polar surface area (TPSA) is 168 Å². The molecule has 0 saturated carbocycles. The largest absolute Gasteiger partial charge is 0.453 e. The van der Waals surface area contributed by atoms with Crippen molar-refractivity contribution in [1.82, 2.24) is 30.4 Å². The fourth-order valence-electron chi connectivity index (χ4n) is 8.80. The number of methoxy groups -OCH3 is 3. The highest BCUT2D eigenvalue weighted by molar-refractivity contribution is 6.04. The maximum Gasteiger partial charge on any atom is 0.407 e. The molecule has 2 fully saturated rings. The molecule has 0 radical (unpaired) electrons. The third-order valence-corrected chi connectivity index (χ3v) is 12.1. The van der Waals surface area contributed by atoms with Crippen LogP contribution < -0.4 is 10.6 Å². The first kappa shape index (κ1) is 42.8. The van der Waals surface area contributed by atoms with Gasteiger partial charge in [-0.2, -0.15) is 0 Å². The summed E-state index contributed by atoms with van der Waals surface area (Å²) in [7, 11) is 4.23. The zero-order valence-corrected chi connectivity index (χ0v) is 35.6. The number of benzene rings is 3. The first-order valence-electron chi connectivity index (χ1n) is 20.9. The number of H-pyrrole nitrogens is 1. The monoisotopic (exact) mass is 829 g/mol. The highest BCUT2D eigenvalue weighted by Gasteiger charge is 2.43. The average Bonchev–Trinajstić information content (AvgIpc) is 4.11. The van der Waals surface area contributed by atoms with E-state index >= 15 is 0 Å². The molecule has 0 spiro atoms. The lowest BCUT2D eigenvalue weighted by atomic mass is 9.96. The molecule has 4 amide bonds. The van der Waals surface area contributed by atoms with Crippen LogP contribution in [0.25, 0.3) is 28.0 Å². The SMILES string of the molecule is COC[C@H]1C[C@@H](c2ncc(-c3ccc(-c4ccc(C5=CN=C([C@@H]6CC[C@H](C)N6C(=O)[C@H](NC(=O)OC)c6ccccc6)C5)cc4)cc3)[nH]2)N(C(=O)[C@@H](NC(=O)OC)C(C)C)C1. The summed E-state index contributed by atoms with van der Waals surface area (Å²) in [5, 5.41) is 5.46. The van der Waals surface area contributed by atoms with Gasteiger partial charge in [0, 0.05) is 43.9 Å². The van der Waals surface area contributed by atoms with E-state index in [1.165, 1.54) is 14.2 Å². The molecule has 0 bridgehead atoms. The maximum absolute atomic E-state index is 14.1. The van der Waals surface area contributed by atoms with Crippen molar-refractivity contribution in [3.05, 3.63) is 108 Å². The lowest BCUT2D eigenvalue weighted by Crippen LogP contribution is -2.51. The Morgan fingerprint density at radius 2 is 1.44 bits per heavy atom. The molecule has 4 aromatic rings. The Hall–Kier alpha value is -6.28. The number of carbonyl (C=O) groups excluding carboxylic acids is 4. The van der Waals surface area contributed by atoms with Gasteiger partial charge in [0.15, 0.2) is 0 Å². The van der Waals surface area contributed by atoms with E-state index in [0.29, 0.717) is 37.4 Å². The van der Waals surface area contributed by atoms with Gasteiger partial charge in [0.1, 0.15) is 17.9 Å². The summed E-state index contributed by atoms with van der Waals surface area (Å²) in [6.45, 7) is 6.83. The number of alkyl carbamates (subject to hydrolysis) is 2. The van der Waals surface area contributed by atoms with Gasteiger partial charge in [0.25, 0.3) is 5.91 Å². The minimum absolute atomic E-state index is 0.0149. The standard InChI is InChI=1S/C47H55N7O7/c1-28(2)41(51-46(57)60-5)44(55)53-26-30(27-59-4)22-40(53)43-49-25-38(50-43)34-19-17-32(18-20-34)31-13-15-33(16-14-31)36-23-37(48-24-36)39-21-12-29(3)54(39)45(56)42(52-47(58)61-6)35-10-8-7-9-11-35/h7-11,13-20,24-25,28-30,39-42H,12,21-23,26-27H2,1-6H3,(H,49,50)(H,51,57)(H,52,58)/t29-,30-,39-,40-,41-,42+/m0/s1. The first-order valence-corrected chi connectivity index (χ1v) is 20.9. The summed E-state index contributed by atoms with van der Waals surface area (Å²) in [6.07, 6.45) is 5.34. The minimum atomic E-state index is -0.874. The van der Waals surface area contributed by atoms with E-state index in [1.807, 2.05) is 62.2 Å². The van der Waals surface area contributed by atoms with Crippen molar-refractivity contribution >= 4 is 35.3 Å². The first-order chi connectivity index (χ1) is 29.5. The Morgan fingerprint density at radius 3 is 2.08 bits per heavy atom. The Balaban J connectivity index is 1.00. The lowest BCUT2D eigenvalue weighted by molar-refractivity contribution is -0.136. The quantitative estimate of drug-likeness (QED) is 0.126. The Morgan fingerprint density at radius 1 is 0.803 bits per heavy atom. The van der Waals surface area contributed by atoms with Crippen LogP contribution in [0.2, 0.25) is 0 Å². The van der Waals surface area contributed by atoms with Crippen LogP contribution in [0.4, 0.5) is 9.59 Å². The molecule has 14 nitrogen and oxygen atoms in total. The van der Waals surface area contributed by atoms with E-state index in [4.69, 9.17) is 24.2 Å². The molecular weight excluding hydrogens is 775 g/mol. The van der Waals surface area contributed by atoms with Crippen LogP contribution in [0.1, 0.15) is 75.5 Å². The van der Waals surface area contributed by atoms with Gasteiger partial charge in [-0.3, -0.25) is 14.6 Å². The van der Waals surface area contributed by atoms with E-state index in [2.05, 4.69) is 64.1 Å². The molecule has 320 valence electrons. The van der Waals surface area contributed by atoms with Crippen molar-refractivity contribution in [2.45, 2.75) is 76.7 Å². The van der Waals surface area contributed by atoms with Crippen LogP contribution in [0.15, 0.2) is 96.3 Å². The molecule has 3 aromatic carbocycles. The van der Waals surface area contributed by atoms with Gasteiger partial charge in [0.05, 0.1) is 44.8 Å². The van der Waals surface area contributed by atoms with Gasteiger partial charge in [-0.25, -0.2) is 14.6 Å². The minimum Gasteiger partial charge on any atom is -0.453 e. The molecule has 6 atom stereocenters. The Labute approximate surface area is 356 Å². The number of aliphatic imine (C=N–C) groups is 1. The molecule has 3 aliphatic heterocycles. The molecule has 3 aliphatic rings. The van der Waals surface area contributed by atoms with Gasteiger partial charge in [-0.15, -0.1) is 0 Å². The third kappa shape index (κ3) is 9.39. The van der Waals surface area contributed by atoms with Crippen molar-refractivity contribution in [3.63, 3.8) is 0 Å². The predicted octanol–water partition coefficient (Wildman–Crippen LogP) is 7.32. The number of allylic oxidation sites excluding steroid dienone is 1. The second-order valence-electron chi connectivity index (χ2n) is 16.4. The van der Waals surface area contributed by atoms with Crippen LogP contribution in [-0.2, 0) is 23.8 Å². The molecule has 0 aliphatic carbocycles. The zero-order chi connectivity index (χ0) is 43.2. The zero-order valence-electron chi connectivity index (χ0n) is 35.6. The third-order valence-electron chi connectivity index (χ3n) is 12.1. The Kier molecular flexibility index (Phi) is 13.3. The molecule has 61 heavy (non-hydrogen) atoms. The number of ether oxygens (including phenoxy) is 3. The number of aromatic amines is 1. The number of aromatic nitrogens is 2. The molecule has 2 saturated heterocycles. The van der Waals surface area contributed by atoms with Crippen molar-refractivity contribution < 1.29 is 33.4 Å². The predicted molar refractivity (Wildman–Crippen MR) is 232 cm³/mol. The summed E-state index contributed by atoms with van der Waals surface area (Å²) < 4.78 is 15.1. The van der Waals surface area contributed by atoms with Crippen LogP contribution in [-0.4, -0.2) is 102 Å². The molecule has 7 rings (SSSR count). The summed E-state index contributed by atoms with van der Waals surface area (Å²) in [5.74, 6) is 0.300. The lowest BCUT2D eigenvalue weighted by Gasteiger charge is -2.32. The second-order valence-corrected chi connectivity index (χ2v) is 16.4. The van der Waals surface area contributed by atoms with Crippen LogP contribution in [0, 0.1) is 11.8 Å². The van der Waals surface area contributed by atoms with Crippen molar-refractivity contribution in [1.29, 1.82) is 0 Å². The molecule has 3 N–H and O–H groups in total. The van der Waals surface area contributed by atoms with Gasteiger partial charge >= 0.3 is 12.2 Å². The molecule has 4 heterocycles. The highest BCUT2D eigenvalue weighted by Crippen LogP contribution is 2.38. The van der Waals surface area contributed by atoms with E-state index < -0.39 is 24.3 Å². The summed E-state index contributed by atoms with van der Waals surface area (Å²) in [4.78, 5) is 69.2. The number of nitrogens with zero attached hydrogens (tertiary/aromatic N) is 4. The van der Waals surface area contributed by atoms with Crippen molar-refractivity contribution in [3.8, 4) is 22.4 Å². The number of imidazole rings is 1. The Bertz CT molecular complexity index is 2250. The number of hydrogen-bond donors (Lipinski definition) is 3. The summed E-state index contributed by atoms with van der Waals surface area (Å²) in [6, 6.07) is 23.8. The average molecular weight is 830 g/mol. The van der Waals surface area contributed by atoms with Gasteiger partial charge in [-0.1, -0.05) is 92.7 Å². The molecule has 0 unspecified atom stereocenters. The fourth-order valence-corrected chi connectivity index (χ4v) is 8.80. The number of hydrogen-bond acceptors (Lipinski definition) is 9. The van der Waals surface area contributed by atoms with Gasteiger partial charge < -0.3 is 39.6 Å². The number of amides is 4. The fraction of sp³-hybridized carbons (Fsp3) is 0.404. The molecule has 1 aromatic heterocycles. The van der Waals surface area contributed by atoms with Crippen molar-refractivity contribution in [2.75, 3.05) is 34.5 Å². The van der Waals surface area contributed by atoms with E-state index in [9.17, 15) is 19.2 Å². The maximum atomic E-state index is 14.1. The normalized spacial score (nSPS) is 20.8. The van der Waals surface area contributed by atoms with Gasteiger partial charge in [-0.05, 0) is 65.5 Å². The summed E-state index contributed by atoms with van der Waals surface area (Å²) in [5.41, 5.74) is 7.71. The van der Waals surface area contributed by atoms with E-state index in [-0.39, 0.29) is 41.8 Å². The smallest absolute Gasteiger partial charge is 0.407 e. The van der Waals surface area contributed by atoms with E-state index in [1.54, 1.807) is 18.2 Å². The number of carbonyl (C=O) groups is 4. The van der Waals surface area contributed by atoms with Crippen LogP contribution in [0.3, 0.4) is 0 Å². The number of nitrogens with one attached hydrogen (secondary N) is 3. The number of rotatable bonds is 13. The second kappa shape index (κ2) is 19.0. The van der Waals surface area contributed by atoms with Crippen LogP contribution in [0.5, 0.6) is 0 Å². The molecule has 14 heteroatoms. The van der Waals surface area contributed by atoms with Crippen LogP contribution >= 0.6 is 0 Å². The summed E-state index contributed by atoms with van der Waals surface area (Å²) >= 11 is 0. The molecular formula is C47H55N7O7. The van der Waals surface area contributed by atoms with Gasteiger partial charge in [0.2, 0.25) is 5.91 Å². The highest BCUT2D eigenvalue weighted by atomic mass is 16.5. The number of likely N-dealkylation sites (tertiary alicyclic amines) is 2.